The highest BCUT2D eigenvalue weighted by molar-refractivity contribution is 7.47. The number of unbranched alkanes of at least 4 members (excludes halogenated alkanes) is 40. The molecule has 0 bridgehead atoms. The molecule has 0 aliphatic carbocycles. The summed E-state index contributed by atoms with van der Waals surface area (Å²) in [4.78, 5) is 35.3. The minimum atomic E-state index is -4.39. The first-order valence-electron chi connectivity index (χ1n) is 34.4. The number of allylic oxidation sites excluding steroid dienone is 12. The Kier molecular flexibility index (Phi) is 64.5. The normalized spacial score (nSPS) is 13.4. The second kappa shape index (κ2) is 66.6. The molecule has 0 aromatic rings. The van der Waals surface area contributed by atoms with Crippen LogP contribution in [0, 0.1) is 0 Å². The average Bonchev–Trinajstić information content (AvgIpc) is 3.46. The lowest BCUT2D eigenvalue weighted by Gasteiger charge is -2.19. The van der Waals surface area contributed by atoms with Crippen molar-refractivity contribution in [1.29, 1.82) is 0 Å². The maximum Gasteiger partial charge on any atom is 0.472 e. The van der Waals surface area contributed by atoms with Gasteiger partial charge in [0, 0.05) is 19.4 Å². The van der Waals surface area contributed by atoms with Gasteiger partial charge in [-0.15, -0.1) is 0 Å². The fourth-order valence-electron chi connectivity index (χ4n) is 9.95. The number of ether oxygens (including phenoxy) is 2. The topological polar surface area (TPSA) is 134 Å². The molecule has 0 rings (SSSR count). The number of carbonyl (C=O) groups is 2. The lowest BCUT2D eigenvalue weighted by molar-refractivity contribution is -0.161. The van der Waals surface area contributed by atoms with Crippen molar-refractivity contribution < 1.29 is 37.6 Å². The molecule has 9 nitrogen and oxygen atoms in total. The molecular formula is C71H130NO8P. The van der Waals surface area contributed by atoms with Gasteiger partial charge in [0.1, 0.15) is 6.61 Å². The average molecular weight is 1160 g/mol. The van der Waals surface area contributed by atoms with E-state index in [2.05, 4.69) is 86.8 Å². The van der Waals surface area contributed by atoms with E-state index in [-0.39, 0.29) is 38.6 Å². The fraction of sp³-hybridized carbons (Fsp3) is 0.803. The standard InChI is InChI=1S/C71H130NO8P/c1-3-5-7-9-11-13-15-17-19-21-23-25-27-29-31-32-33-34-35-36-38-40-42-44-46-48-50-52-54-56-58-60-62-64-71(74)80-69(68-79-81(75,76)78-66-65-72)67-77-70(73)63-61-59-57-55-53-51-49-47-45-43-41-39-37-30-28-26-24-22-20-18-16-14-12-10-8-6-4-2/h15-18,21-24,27-30,69H,3-14,19-20,25-26,31-68,72H2,1-2H3,(H,75,76)/b17-15-,18-16-,23-21-,24-22-,29-27-,30-28-. The Labute approximate surface area is 501 Å². The van der Waals surface area contributed by atoms with Crippen molar-refractivity contribution in [1.82, 2.24) is 0 Å². The summed E-state index contributed by atoms with van der Waals surface area (Å²) in [6.45, 7) is 3.76. The molecule has 3 N–H and O–H groups in total. The molecule has 0 radical (unpaired) electrons. The third-order valence-corrected chi connectivity index (χ3v) is 16.0. The molecule has 0 saturated carbocycles. The van der Waals surface area contributed by atoms with Gasteiger partial charge in [0.2, 0.25) is 0 Å². The molecule has 10 heteroatoms. The summed E-state index contributed by atoms with van der Waals surface area (Å²) in [7, 11) is -4.39. The smallest absolute Gasteiger partial charge is 0.462 e. The molecule has 0 aliphatic heterocycles. The van der Waals surface area contributed by atoms with Crippen LogP contribution in [-0.2, 0) is 32.7 Å². The minimum Gasteiger partial charge on any atom is -0.462 e. The predicted octanol–water partition coefficient (Wildman–Crippen LogP) is 22.4. The molecule has 0 spiro atoms. The SMILES string of the molecule is CCCCCCC/C=C\C/C=C\C/C=C\CCCCCCCCCCCCCCCCCCCCC(=O)OC(COC(=O)CCCCCCCCCCCCCC/C=C\C/C=C\C/C=C\CCCCCCC)COP(=O)(O)OCCN. The van der Waals surface area contributed by atoms with Crippen LogP contribution in [0.2, 0.25) is 0 Å². The second-order valence-corrected chi connectivity index (χ2v) is 24.5. The van der Waals surface area contributed by atoms with Crippen molar-refractivity contribution in [2.24, 2.45) is 5.73 Å². The van der Waals surface area contributed by atoms with Crippen molar-refractivity contribution in [2.45, 2.75) is 341 Å². The van der Waals surface area contributed by atoms with Crippen LogP contribution in [0.15, 0.2) is 72.9 Å². The van der Waals surface area contributed by atoms with Crippen LogP contribution in [0.5, 0.6) is 0 Å². The second-order valence-electron chi connectivity index (χ2n) is 23.0. The Morgan fingerprint density at radius 2 is 0.642 bits per heavy atom. The lowest BCUT2D eigenvalue weighted by atomic mass is 10.0. The van der Waals surface area contributed by atoms with E-state index in [1.807, 2.05) is 0 Å². The summed E-state index contributed by atoms with van der Waals surface area (Å²) in [5, 5.41) is 0. The summed E-state index contributed by atoms with van der Waals surface area (Å²) < 4.78 is 33.2. The van der Waals surface area contributed by atoms with Crippen LogP contribution < -0.4 is 5.73 Å². The van der Waals surface area contributed by atoms with Crippen molar-refractivity contribution in [2.75, 3.05) is 26.4 Å². The van der Waals surface area contributed by atoms with E-state index in [1.54, 1.807) is 0 Å². The number of phosphoric acid groups is 1. The van der Waals surface area contributed by atoms with Gasteiger partial charge >= 0.3 is 19.8 Å². The summed E-state index contributed by atoms with van der Waals surface area (Å²) in [5.41, 5.74) is 5.40. The Bertz CT molecular complexity index is 1560. The highest BCUT2D eigenvalue weighted by atomic mass is 31.2. The first-order chi connectivity index (χ1) is 39.8. The number of hydrogen-bond donors (Lipinski definition) is 2. The first-order valence-corrected chi connectivity index (χ1v) is 35.9. The molecule has 0 fully saturated rings. The largest absolute Gasteiger partial charge is 0.472 e. The van der Waals surface area contributed by atoms with E-state index in [0.717, 1.165) is 64.2 Å². The Balaban J connectivity index is 3.87. The summed E-state index contributed by atoms with van der Waals surface area (Å²) in [6, 6.07) is 0. The molecule has 2 unspecified atom stereocenters. The molecule has 81 heavy (non-hydrogen) atoms. The zero-order chi connectivity index (χ0) is 58.7. The highest BCUT2D eigenvalue weighted by Gasteiger charge is 2.26. The van der Waals surface area contributed by atoms with Gasteiger partial charge in [0.25, 0.3) is 0 Å². The van der Waals surface area contributed by atoms with Crippen LogP contribution in [0.4, 0.5) is 0 Å². The van der Waals surface area contributed by atoms with Crippen LogP contribution in [0.25, 0.3) is 0 Å². The first kappa shape index (κ1) is 78.5. The van der Waals surface area contributed by atoms with Gasteiger partial charge in [-0.1, -0.05) is 305 Å². The molecule has 0 aromatic carbocycles. The number of esters is 2. The molecule has 0 saturated heterocycles. The number of phosphoric ester groups is 1. The summed E-state index contributed by atoms with van der Waals surface area (Å²) in [5.74, 6) is -0.818. The molecule has 0 amide bonds. The van der Waals surface area contributed by atoms with Gasteiger partial charge in [-0.25, -0.2) is 4.57 Å². The van der Waals surface area contributed by atoms with Crippen molar-refractivity contribution in [3.05, 3.63) is 72.9 Å². The van der Waals surface area contributed by atoms with Gasteiger partial charge < -0.3 is 20.1 Å². The summed E-state index contributed by atoms with van der Waals surface area (Å²) >= 11 is 0. The van der Waals surface area contributed by atoms with Gasteiger partial charge in [-0.2, -0.15) is 0 Å². The highest BCUT2D eigenvalue weighted by Crippen LogP contribution is 2.43. The van der Waals surface area contributed by atoms with Crippen molar-refractivity contribution in [3.63, 3.8) is 0 Å². The zero-order valence-electron chi connectivity index (χ0n) is 53.0. The van der Waals surface area contributed by atoms with E-state index >= 15 is 0 Å². The third kappa shape index (κ3) is 66.5. The van der Waals surface area contributed by atoms with Crippen LogP contribution in [0.1, 0.15) is 335 Å². The third-order valence-electron chi connectivity index (χ3n) is 15.1. The van der Waals surface area contributed by atoms with E-state index in [1.165, 1.54) is 238 Å². The van der Waals surface area contributed by atoms with Gasteiger partial charge in [0.05, 0.1) is 13.2 Å². The Hall–Kier alpha value is -2.55. The molecule has 0 heterocycles. The monoisotopic (exact) mass is 1160 g/mol. The van der Waals surface area contributed by atoms with E-state index < -0.39 is 26.5 Å². The maximum atomic E-state index is 12.8. The Morgan fingerprint density at radius 3 is 0.951 bits per heavy atom. The molecule has 0 aliphatic rings. The maximum absolute atomic E-state index is 12.8. The van der Waals surface area contributed by atoms with E-state index in [0.29, 0.717) is 6.42 Å². The molecular weight excluding hydrogens is 1030 g/mol. The fourth-order valence-corrected chi connectivity index (χ4v) is 10.7. The van der Waals surface area contributed by atoms with E-state index in [4.69, 9.17) is 24.3 Å². The lowest BCUT2D eigenvalue weighted by Crippen LogP contribution is -2.29. The van der Waals surface area contributed by atoms with E-state index in [9.17, 15) is 19.0 Å². The Morgan fingerprint density at radius 1 is 0.370 bits per heavy atom. The predicted molar refractivity (Wildman–Crippen MR) is 349 cm³/mol. The number of nitrogens with two attached hydrogens (primary N) is 1. The number of rotatable bonds is 65. The molecule has 0 aromatic heterocycles. The molecule has 2 atom stereocenters. The van der Waals surface area contributed by atoms with Gasteiger partial charge in [0.15, 0.2) is 6.10 Å². The quantitative estimate of drug-likeness (QED) is 0.0264. The minimum absolute atomic E-state index is 0.0524. The van der Waals surface area contributed by atoms with Crippen LogP contribution >= 0.6 is 7.82 Å². The number of hydrogen-bond acceptors (Lipinski definition) is 8. The zero-order valence-corrected chi connectivity index (χ0v) is 53.9. The van der Waals surface area contributed by atoms with Gasteiger partial charge in [-0.05, 0) is 89.9 Å². The summed E-state index contributed by atoms with van der Waals surface area (Å²) in [6.07, 6.45) is 87.0. The number of carbonyl (C=O) groups excluding carboxylic acids is 2. The van der Waals surface area contributed by atoms with Crippen LogP contribution in [-0.4, -0.2) is 49.3 Å². The van der Waals surface area contributed by atoms with Crippen LogP contribution in [0.3, 0.4) is 0 Å². The van der Waals surface area contributed by atoms with Gasteiger partial charge in [-0.3, -0.25) is 18.6 Å². The molecule has 472 valence electrons. The van der Waals surface area contributed by atoms with Crippen molar-refractivity contribution in [3.8, 4) is 0 Å². The van der Waals surface area contributed by atoms with Crippen molar-refractivity contribution >= 4 is 19.8 Å².